The Morgan fingerprint density at radius 3 is 2.69 bits per heavy atom. The maximum Gasteiger partial charge on any atom is 0.0619 e. The molecule has 0 aromatic carbocycles. The van der Waals surface area contributed by atoms with Gasteiger partial charge in [0.1, 0.15) is 0 Å². The van der Waals surface area contributed by atoms with Gasteiger partial charge in [0.15, 0.2) is 0 Å². The average molecular weight is 229 g/mol. The van der Waals surface area contributed by atoms with E-state index in [4.69, 9.17) is 9.47 Å². The Kier molecular flexibility index (Phi) is 7.81. The smallest absolute Gasteiger partial charge is 0.0619 e. The Morgan fingerprint density at radius 2 is 2.06 bits per heavy atom. The summed E-state index contributed by atoms with van der Waals surface area (Å²) < 4.78 is 11.2. The number of hydrogen-bond acceptors (Lipinski definition) is 3. The Balaban J connectivity index is 2.06. The van der Waals surface area contributed by atoms with Gasteiger partial charge in [-0.15, -0.1) is 0 Å². The van der Waals surface area contributed by atoms with Crippen LogP contribution in [0.2, 0.25) is 0 Å². The molecule has 1 unspecified atom stereocenters. The van der Waals surface area contributed by atoms with Crippen LogP contribution in [-0.4, -0.2) is 39.0 Å². The molecule has 3 nitrogen and oxygen atoms in total. The normalized spacial score (nSPS) is 19.9. The molecule has 1 aliphatic rings. The van der Waals surface area contributed by atoms with Crippen LogP contribution in [0.3, 0.4) is 0 Å². The molecule has 0 aromatic heterocycles. The summed E-state index contributed by atoms with van der Waals surface area (Å²) in [4.78, 5) is 0. The molecule has 0 aliphatic carbocycles. The second-order valence-corrected chi connectivity index (χ2v) is 4.64. The zero-order valence-electron chi connectivity index (χ0n) is 10.8. The third-order valence-corrected chi connectivity index (χ3v) is 3.14. The van der Waals surface area contributed by atoms with Crippen molar-refractivity contribution in [2.24, 2.45) is 5.92 Å². The molecule has 1 fully saturated rings. The van der Waals surface area contributed by atoms with Crippen molar-refractivity contribution < 1.29 is 9.47 Å². The highest BCUT2D eigenvalue weighted by Crippen LogP contribution is 2.14. The van der Waals surface area contributed by atoms with Crippen molar-refractivity contribution in [1.29, 1.82) is 0 Å². The van der Waals surface area contributed by atoms with Gasteiger partial charge in [-0.1, -0.05) is 20.3 Å². The highest BCUT2D eigenvalue weighted by atomic mass is 16.5. The Labute approximate surface area is 99.9 Å². The maximum absolute atomic E-state index is 5.82. The van der Waals surface area contributed by atoms with Crippen molar-refractivity contribution in [3.8, 4) is 0 Å². The second kappa shape index (κ2) is 8.97. The van der Waals surface area contributed by atoms with E-state index in [1.165, 1.54) is 25.7 Å². The number of nitrogens with one attached hydrogen (secondary N) is 1. The van der Waals surface area contributed by atoms with Gasteiger partial charge in [-0.05, 0) is 31.7 Å². The molecule has 0 aromatic rings. The first kappa shape index (κ1) is 13.9. The lowest BCUT2D eigenvalue weighted by Gasteiger charge is -2.23. The molecular formula is C13H27NO2. The molecule has 0 bridgehead atoms. The number of likely N-dealkylation sites (N-methyl/N-ethyl adjacent to an activating group) is 1. The van der Waals surface area contributed by atoms with Crippen LogP contribution in [0.5, 0.6) is 0 Å². The molecule has 0 amide bonds. The van der Waals surface area contributed by atoms with Crippen molar-refractivity contribution in [3.63, 3.8) is 0 Å². The number of rotatable bonds is 8. The van der Waals surface area contributed by atoms with Gasteiger partial charge in [-0.25, -0.2) is 0 Å². The summed E-state index contributed by atoms with van der Waals surface area (Å²) in [6, 6.07) is 0.537. The van der Waals surface area contributed by atoms with Crippen molar-refractivity contribution in [1.82, 2.24) is 5.32 Å². The van der Waals surface area contributed by atoms with Crippen LogP contribution in [0.1, 0.15) is 39.5 Å². The standard InChI is InChI=1S/C13H27NO2/c1-3-5-13(14-4-2)11-16-10-12-6-8-15-9-7-12/h12-14H,3-11H2,1-2H3. The molecular weight excluding hydrogens is 202 g/mol. The molecule has 16 heavy (non-hydrogen) atoms. The molecule has 1 aliphatic heterocycles. The van der Waals surface area contributed by atoms with Gasteiger partial charge < -0.3 is 14.8 Å². The molecule has 1 N–H and O–H groups in total. The molecule has 96 valence electrons. The summed E-state index contributed by atoms with van der Waals surface area (Å²) in [6.07, 6.45) is 4.76. The molecule has 0 spiro atoms. The van der Waals surface area contributed by atoms with Gasteiger partial charge in [-0.3, -0.25) is 0 Å². The van der Waals surface area contributed by atoms with E-state index in [-0.39, 0.29) is 0 Å². The first-order chi connectivity index (χ1) is 7.86. The fraction of sp³-hybridized carbons (Fsp3) is 1.00. The molecule has 1 saturated heterocycles. The maximum atomic E-state index is 5.82. The van der Waals surface area contributed by atoms with Gasteiger partial charge in [0.2, 0.25) is 0 Å². The first-order valence-corrected chi connectivity index (χ1v) is 6.75. The average Bonchev–Trinajstić information content (AvgIpc) is 2.31. The lowest BCUT2D eigenvalue weighted by atomic mass is 10.0. The van der Waals surface area contributed by atoms with E-state index in [2.05, 4.69) is 19.2 Å². The fourth-order valence-corrected chi connectivity index (χ4v) is 2.17. The molecule has 0 radical (unpaired) electrons. The van der Waals surface area contributed by atoms with E-state index in [1.807, 2.05) is 0 Å². The van der Waals surface area contributed by atoms with Crippen molar-refractivity contribution in [2.45, 2.75) is 45.6 Å². The topological polar surface area (TPSA) is 30.5 Å². The van der Waals surface area contributed by atoms with Crippen LogP contribution in [0.4, 0.5) is 0 Å². The molecule has 3 heteroatoms. The Hall–Kier alpha value is -0.120. The van der Waals surface area contributed by atoms with Gasteiger partial charge in [0.05, 0.1) is 6.61 Å². The first-order valence-electron chi connectivity index (χ1n) is 6.75. The SMILES string of the molecule is CCCC(COCC1CCOCC1)NCC. The van der Waals surface area contributed by atoms with E-state index >= 15 is 0 Å². The van der Waals surface area contributed by atoms with Gasteiger partial charge >= 0.3 is 0 Å². The van der Waals surface area contributed by atoms with E-state index < -0.39 is 0 Å². The highest BCUT2D eigenvalue weighted by Gasteiger charge is 2.14. The predicted octanol–water partition coefficient (Wildman–Crippen LogP) is 2.21. The summed E-state index contributed by atoms with van der Waals surface area (Å²) in [5.74, 6) is 0.720. The van der Waals surface area contributed by atoms with Crippen LogP contribution >= 0.6 is 0 Å². The largest absolute Gasteiger partial charge is 0.381 e. The Morgan fingerprint density at radius 1 is 1.31 bits per heavy atom. The second-order valence-electron chi connectivity index (χ2n) is 4.64. The van der Waals surface area contributed by atoms with Crippen molar-refractivity contribution >= 4 is 0 Å². The zero-order chi connectivity index (χ0) is 11.6. The van der Waals surface area contributed by atoms with Crippen LogP contribution < -0.4 is 5.32 Å². The summed E-state index contributed by atoms with van der Waals surface area (Å²) in [5.41, 5.74) is 0. The van der Waals surface area contributed by atoms with Crippen molar-refractivity contribution in [3.05, 3.63) is 0 Å². The molecule has 1 heterocycles. The third-order valence-electron chi connectivity index (χ3n) is 3.14. The Bertz CT molecular complexity index is 152. The van der Waals surface area contributed by atoms with E-state index in [9.17, 15) is 0 Å². The quantitative estimate of drug-likeness (QED) is 0.692. The minimum absolute atomic E-state index is 0.537. The number of hydrogen-bond donors (Lipinski definition) is 1. The lowest BCUT2D eigenvalue weighted by molar-refractivity contribution is 0.0148. The molecule has 0 saturated carbocycles. The molecule has 1 atom stereocenters. The van der Waals surface area contributed by atoms with E-state index in [0.717, 1.165) is 38.9 Å². The predicted molar refractivity (Wildman–Crippen MR) is 66.7 cm³/mol. The van der Waals surface area contributed by atoms with Gasteiger partial charge in [-0.2, -0.15) is 0 Å². The monoisotopic (exact) mass is 229 g/mol. The van der Waals surface area contributed by atoms with Crippen LogP contribution in [0.15, 0.2) is 0 Å². The summed E-state index contributed by atoms with van der Waals surface area (Å²) >= 11 is 0. The fourth-order valence-electron chi connectivity index (χ4n) is 2.17. The van der Waals surface area contributed by atoms with E-state index in [1.54, 1.807) is 0 Å². The minimum Gasteiger partial charge on any atom is -0.381 e. The van der Waals surface area contributed by atoms with Crippen LogP contribution in [0.25, 0.3) is 0 Å². The van der Waals surface area contributed by atoms with Gasteiger partial charge in [0.25, 0.3) is 0 Å². The number of ether oxygens (including phenoxy) is 2. The van der Waals surface area contributed by atoms with Crippen molar-refractivity contribution in [2.75, 3.05) is 33.0 Å². The van der Waals surface area contributed by atoms with Crippen LogP contribution in [-0.2, 0) is 9.47 Å². The summed E-state index contributed by atoms with van der Waals surface area (Å²) in [6.45, 7) is 9.02. The van der Waals surface area contributed by atoms with Crippen LogP contribution in [0, 0.1) is 5.92 Å². The highest BCUT2D eigenvalue weighted by molar-refractivity contribution is 4.66. The van der Waals surface area contributed by atoms with Gasteiger partial charge in [0, 0.05) is 25.9 Å². The minimum atomic E-state index is 0.537. The third kappa shape index (κ3) is 5.83. The molecule has 1 rings (SSSR count). The summed E-state index contributed by atoms with van der Waals surface area (Å²) in [5, 5.41) is 3.47. The lowest BCUT2D eigenvalue weighted by Crippen LogP contribution is -2.34. The van der Waals surface area contributed by atoms with E-state index in [0.29, 0.717) is 6.04 Å². The summed E-state index contributed by atoms with van der Waals surface area (Å²) in [7, 11) is 0. The zero-order valence-corrected chi connectivity index (χ0v) is 10.8.